The Kier molecular flexibility index (Phi) is 5.44. The smallest absolute Gasteiger partial charge is 0.165 e. The van der Waals surface area contributed by atoms with Crippen molar-refractivity contribution in [1.82, 2.24) is 5.32 Å². The number of hydrogen-bond donors (Lipinski definition) is 1. The summed E-state index contributed by atoms with van der Waals surface area (Å²) in [6.45, 7) is 1.33. The standard InChI is InChI=1S/C16H15BrFNO/c17-15-10-13(18)6-7-14(15)16(20)8-9-19-11-12-4-2-1-3-5-12/h1-7,10,19H,8-9,11H2. The zero-order valence-corrected chi connectivity index (χ0v) is 12.5. The second-order valence-corrected chi connectivity index (χ2v) is 5.31. The summed E-state index contributed by atoms with van der Waals surface area (Å²) in [5, 5.41) is 3.22. The van der Waals surface area contributed by atoms with Gasteiger partial charge in [-0.15, -0.1) is 0 Å². The molecule has 0 saturated heterocycles. The molecule has 0 fully saturated rings. The summed E-state index contributed by atoms with van der Waals surface area (Å²) in [6, 6.07) is 14.1. The van der Waals surface area contributed by atoms with Crippen LogP contribution in [-0.4, -0.2) is 12.3 Å². The van der Waals surface area contributed by atoms with Crippen LogP contribution in [0.4, 0.5) is 4.39 Å². The fourth-order valence-corrected chi connectivity index (χ4v) is 2.45. The lowest BCUT2D eigenvalue weighted by Gasteiger charge is -2.06. The minimum Gasteiger partial charge on any atom is -0.312 e. The molecule has 0 aliphatic heterocycles. The highest BCUT2D eigenvalue weighted by atomic mass is 79.9. The zero-order valence-electron chi connectivity index (χ0n) is 10.9. The van der Waals surface area contributed by atoms with E-state index in [1.807, 2.05) is 30.3 Å². The molecule has 2 nitrogen and oxygen atoms in total. The molecule has 0 spiro atoms. The van der Waals surface area contributed by atoms with Crippen molar-refractivity contribution < 1.29 is 9.18 Å². The first-order valence-electron chi connectivity index (χ1n) is 6.40. The quantitative estimate of drug-likeness (QED) is 0.639. The number of nitrogens with one attached hydrogen (secondary N) is 1. The van der Waals surface area contributed by atoms with Gasteiger partial charge in [0.1, 0.15) is 5.82 Å². The van der Waals surface area contributed by atoms with Gasteiger partial charge in [0.2, 0.25) is 0 Å². The van der Waals surface area contributed by atoms with Crippen molar-refractivity contribution in [1.29, 1.82) is 0 Å². The Hall–Kier alpha value is -1.52. The third kappa shape index (κ3) is 4.25. The summed E-state index contributed by atoms with van der Waals surface area (Å²) >= 11 is 3.21. The van der Waals surface area contributed by atoms with Crippen molar-refractivity contribution in [3.63, 3.8) is 0 Å². The van der Waals surface area contributed by atoms with Gasteiger partial charge in [-0.05, 0) is 39.7 Å². The van der Waals surface area contributed by atoms with Crippen LogP contribution in [-0.2, 0) is 6.54 Å². The molecule has 2 aromatic rings. The molecule has 104 valence electrons. The number of carbonyl (C=O) groups excluding carboxylic acids is 1. The van der Waals surface area contributed by atoms with Gasteiger partial charge in [0, 0.05) is 29.5 Å². The Balaban J connectivity index is 1.80. The average molecular weight is 336 g/mol. The predicted molar refractivity (Wildman–Crippen MR) is 81.2 cm³/mol. The second kappa shape index (κ2) is 7.31. The molecule has 0 aliphatic carbocycles. The van der Waals surface area contributed by atoms with Gasteiger partial charge in [0.15, 0.2) is 5.78 Å². The minimum absolute atomic E-state index is 0.00237. The van der Waals surface area contributed by atoms with Crippen LogP contribution < -0.4 is 5.32 Å². The van der Waals surface area contributed by atoms with Crippen LogP contribution in [0.5, 0.6) is 0 Å². The largest absolute Gasteiger partial charge is 0.312 e. The Labute approximate surface area is 126 Å². The zero-order chi connectivity index (χ0) is 14.4. The van der Waals surface area contributed by atoms with E-state index >= 15 is 0 Å². The molecular weight excluding hydrogens is 321 g/mol. The van der Waals surface area contributed by atoms with Crippen molar-refractivity contribution in [3.8, 4) is 0 Å². The number of Topliss-reactive ketones (excluding diaryl/α,β-unsaturated/α-hetero) is 1. The molecule has 0 amide bonds. The lowest BCUT2D eigenvalue weighted by molar-refractivity contribution is 0.0981. The summed E-state index contributed by atoms with van der Waals surface area (Å²) in [6.07, 6.45) is 0.386. The molecule has 20 heavy (non-hydrogen) atoms. The highest BCUT2D eigenvalue weighted by molar-refractivity contribution is 9.10. The summed E-state index contributed by atoms with van der Waals surface area (Å²) in [4.78, 5) is 12.0. The number of halogens is 2. The van der Waals surface area contributed by atoms with E-state index in [0.717, 1.165) is 6.54 Å². The maximum Gasteiger partial charge on any atom is 0.165 e. The molecule has 0 radical (unpaired) electrons. The van der Waals surface area contributed by atoms with E-state index in [1.165, 1.54) is 23.8 Å². The molecular formula is C16H15BrFNO. The highest BCUT2D eigenvalue weighted by Crippen LogP contribution is 2.19. The van der Waals surface area contributed by atoms with Gasteiger partial charge in [-0.25, -0.2) is 4.39 Å². The van der Waals surface area contributed by atoms with E-state index in [2.05, 4.69) is 21.2 Å². The number of benzene rings is 2. The van der Waals surface area contributed by atoms with Gasteiger partial charge in [-0.2, -0.15) is 0 Å². The Morgan fingerprint density at radius 1 is 1.15 bits per heavy atom. The van der Waals surface area contributed by atoms with Crippen LogP contribution in [0.3, 0.4) is 0 Å². The van der Waals surface area contributed by atoms with Crippen molar-refractivity contribution in [3.05, 3.63) is 69.9 Å². The van der Waals surface area contributed by atoms with Gasteiger partial charge in [0.25, 0.3) is 0 Å². The first-order chi connectivity index (χ1) is 9.66. The number of carbonyl (C=O) groups is 1. The van der Waals surface area contributed by atoms with Gasteiger partial charge in [-0.3, -0.25) is 4.79 Å². The second-order valence-electron chi connectivity index (χ2n) is 4.46. The van der Waals surface area contributed by atoms with E-state index in [1.54, 1.807) is 0 Å². The first-order valence-corrected chi connectivity index (χ1v) is 7.19. The van der Waals surface area contributed by atoms with Crippen LogP contribution >= 0.6 is 15.9 Å². The molecule has 2 aromatic carbocycles. The molecule has 0 atom stereocenters. The predicted octanol–water partition coefficient (Wildman–Crippen LogP) is 3.95. The third-order valence-corrected chi connectivity index (χ3v) is 3.59. The third-order valence-electron chi connectivity index (χ3n) is 2.93. The molecule has 4 heteroatoms. The van der Waals surface area contributed by atoms with Gasteiger partial charge in [-0.1, -0.05) is 30.3 Å². The molecule has 0 saturated carbocycles. The summed E-state index contributed by atoms with van der Waals surface area (Å²) in [5.74, 6) is -0.354. The van der Waals surface area contributed by atoms with E-state index in [9.17, 15) is 9.18 Å². The van der Waals surface area contributed by atoms with Gasteiger partial charge >= 0.3 is 0 Å². The molecule has 0 unspecified atom stereocenters. The van der Waals surface area contributed by atoms with Crippen LogP contribution in [0, 0.1) is 5.82 Å². The lowest BCUT2D eigenvalue weighted by Crippen LogP contribution is -2.18. The van der Waals surface area contributed by atoms with E-state index in [-0.39, 0.29) is 11.6 Å². The van der Waals surface area contributed by atoms with Crippen molar-refractivity contribution in [2.45, 2.75) is 13.0 Å². The normalized spacial score (nSPS) is 10.5. The van der Waals surface area contributed by atoms with Crippen LogP contribution in [0.2, 0.25) is 0 Å². The van der Waals surface area contributed by atoms with Gasteiger partial charge in [0.05, 0.1) is 0 Å². The average Bonchev–Trinajstić information content (AvgIpc) is 2.44. The number of ketones is 1. The monoisotopic (exact) mass is 335 g/mol. The highest BCUT2D eigenvalue weighted by Gasteiger charge is 2.10. The molecule has 0 bridgehead atoms. The topological polar surface area (TPSA) is 29.1 Å². The van der Waals surface area contributed by atoms with E-state index in [0.29, 0.717) is 23.0 Å². The summed E-state index contributed by atoms with van der Waals surface area (Å²) < 4.78 is 13.5. The summed E-state index contributed by atoms with van der Waals surface area (Å²) in [5.41, 5.74) is 1.70. The Bertz CT molecular complexity index is 586. The fraction of sp³-hybridized carbons (Fsp3) is 0.188. The number of rotatable bonds is 6. The maximum absolute atomic E-state index is 13.0. The number of hydrogen-bond acceptors (Lipinski definition) is 2. The van der Waals surface area contributed by atoms with Crippen molar-refractivity contribution >= 4 is 21.7 Å². The Morgan fingerprint density at radius 2 is 1.90 bits per heavy atom. The minimum atomic E-state index is -0.351. The van der Waals surface area contributed by atoms with Crippen molar-refractivity contribution in [2.24, 2.45) is 0 Å². The van der Waals surface area contributed by atoms with Crippen LogP contribution in [0.15, 0.2) is 53.0 Å². The van der Waals surface area contributed by atoms with E-state index < -0.39 is 0 Å². The first kappa shape index (κ1) is 14.9. The molecule has 0 aromatic heterocycles. The Morgan fingerprint density at radius 3 is 2.60 bits per heavy atom. The van der Waals surface area contributed by atoms with E-state index in [4.69, 9.17) is 0 Å². The molecule has 0 heterocycles. The van der Waals surface area contributed by atoms with Crippen LogP contribution in [0.1, 0.15) is 22.3 Å². The molecule has 2 rings (SSSR count). The SMILES string of the molecule is O=C(CCNCc1ccccc1)c1ccc(F)cc1Br. The molecule has 0 aliphatic rings. The molecule has 1 N–H and O–H groups in total. The van der Waals surface area contributed by atoms with Crippen LogP contribution in [0.25, 0.3) is 0 Å². The van der Waals surface area contributed by atoms with Crippen molar-refractivity contribution in [2.75, 3.05) is 6.54 Å². The lowest BCUT2D eigenvalue weighted by atomic mass is 10.1. The maximum atomic E-state index is 13.0. The summed E-state index contributed by atoms with van der Waals surface area (Å²) in [7, 11) is 0. The fourth-order valence-electron chi connectivity index (χ4n) is 1.88. The van der Waals surface area contributed by atoms with Gasteiger partial charge < -0.3 is 5.32 Å².